The van der Waals surface area contributed by atoms with Crippen molar-refractivity contribution in [1.82, 2.24) is 0 Å². The monoisotopic (exact) mass is 258 g/mol. The molecular formula is C14H26O4. The fraction of sp³-hybridized carbons (Fsp3) is 0.857. The number of hydrogen-bond donors (Lipinski definition) is 0. The lowest BCUT2D eigenvalue weighted by Crippen LogP contribution is -2.23. The number of carbonyl (C=O) groups excluding carboxylic acids is 2. The van der Waals surface area contributed by atoms with Gasteiger partial charge in [0.1, 0.15) is 6.10 Å². The maximum Gasteiger partial charge on any atom is 0.306 e. The zero-order valence-electron chi connectivity index (χ0n) is 12.2. The van der Waals surface area contributed by atoms with Crippen LogP contribution in [0.1, 0.15) is 53.9 Å². The first-order valence-corrected chi connectivity index (χ1v) is 6.71. The number of ether oxygens (including phenoxy) is 2. The summed E-state index contributed by atoms with van der Waals surface area (Å²) in [4.78, 5) is 22.8. The van der Waals surface area contributed by atoms with E-state index in [0.717, 1.165) is 6.42 Å². The second kappa shape index (κ2) is 8.95. The van der Waals surface area contributed by atoms with Crippen molar-refractivity contribution in [3.05, 3.63) is 0 Å². The van der Waals surface area contributed by atoms with Crippen molar-refractivity contribution in [1.29, 1.82) is 0 Å². The lowest BCUT2D eigenvalue weighted by atomic mass is 10.1. The van der Waals surface area contributed by atoms with E-state index >= 15 is 0 Å². The van der Waals surface area contributed by atoms with Gasteiger partial charge in [0, 0.05) is 0 Å². The van der Waals surface area contributed by atoms with Crippen LogP contribution in [0.15, 0.2) is 0 Å². The Morgan fingerprint density at radius 3 is 2.00 bits per heavy atom. The van der Waals surface area contributed by atoms with Crippen LogP contribution in [0.2, 0.25) is 0 Å². The summed E-state index contributed by atoms with van der Waals surface area (Å²) in [6.45, 7) is 10.3. The van der Waals surface area contributed by atoms with Gasteiger partial charge in [0.25, 0.3) is 0 Å². The molecule has 0 bridgehead atoms. The SMILES string of the molecule is CCC(OC(=O)CCC(=O)OCC(C)C)C(C)C. The van der Waals surface area contributed by atoms with Crippen LogP contribution in [-0.4, -0.2) is 24.6 Å². The molecule has 0 aliphatic carbocycles. The third-order valence-corrected chi connectivity index (χ3v) is 2.54. The first-order valence-electron chi connectivity index (χ1n) is 6.71. The van der Waals surface area contributed by atoms with Crippen molar-refractivity contribution in [3.8, 4) is 0 Å². The fourth-order valence-electron chi connectivity index (χ4n) is 1.45. The van der Waals surface area contributed by atoms with Crippen molar-refractivity contribution < 1.29 is 19.1 Å². The van der Waals surface area contributed by atoms with Gasteiger partial charge in [-0.15, -0.1) is 0 Å². The summed E-state index contributed by atoms with van der Waals surface area (Å²) in [5.41, 5.74) is 0. The fourth-order valence-corrected chi connectivity index (χ4v) is 1.45. The van der Waals surface area contributed by atoms with Crippen molar-refractivity contribution >= 4 is 11.9 Å². The number of hydrogen-bond acceptors (Lipinski definition) is 4. The molecule has 0 aromatic heterocycles. The molecule has 106 valence electrons. The molecule has 0 aliphatic heterocycles. The molecule has 0 saturated carbocycles. The molecule has 1 unspecified atom stereocenters. The van der Waals surface area contributed by atoms with E-state index in [0.29, 0.717) is 18.4 Å². The number of esters is 2. The summed E-state index contributed by atoms with van der Waals surface area (Å²) in [7, 11) is 0. The highest BCUT2D eigenvalue weighted by molar-refractivity contribution is 5.77. The summed E-state index contributed by atoms with van der Waals surface area (Å²) < 4.78 is 10.3. The Balaban J connectivity index is 3.85. The minimum Gasteiger partial charge on any atom is -0.465 e. The van der Waals surface area contributed by atoms with Crippen molar-refractivity contribution in [2.75, 3.05) is 6.61 Å². The molecular weight excluding hydrogens is 232 g/mol. The molecule has 0 saturated heterocycles. The number of rotatable bonds is 8. The van der Waals surface area contributed by atoms with Gasteiger partial charge in [-0.2, -0.15) is 0 Å². The summed E-state index contributed by atoms with van der Waals surface area (Å²) in [6, 6.07) is 0. The zero-order valence-corrected chi connectivity index (χ0v) is 12.2. The topological polar surface area (TPSA) is 52.6 Å². The Morgan fingerprint density at radius 2 is 1.56 bits per heavy atom. The first-order chi connectivity index (χ1) is 8.36. The third kappa shape index (κ3) is 8.09. The van der Waals surface area contributed by atoms with Gasteiger partial charge in [0.15, 0.2) is 0 Å². The molecule has 0 rings (SSSR count). The van der Waals surface area contributed by atoms with Crippen LogP contribution < -0.4 is 0 Å². The highest BCUT2D eigenvalue weighted by Crippen LogP contribution is 2.12. The summed E-state index contributed by atoms with van der Waals surface area (Å²) in [5.74, 6) is -0.0477. The van der Waals surface area contributed by atoms with Gasteiger partial charge in [-0.1, -0.05) is 34.6 Å². The Bertz CT molecular complexity index is 259. The predicted molar refractivity (Wildman–Crippen MR) is 70.0 cm³/mol. The normalized spacial score (nSPS) is 12.6. The lowest BCUT2D eigenvalue weighted by molar-refractivity contribution is -0.155. The minimum atomic E-state index is -0.335. The van der Waals surface area contributed by atoms with Gasteiger partial charge in [0.05, 0.1) is 19.4 Å². The van der Waals surface area contributed by atoms with Crippen LogP contribution in [-0.2, 0) is 19.1 Å². The quantitative estimate of drug-likeness (QED) is 0.628. The van der Waals surface area contributed by atoms with Crippen LogP contribution in [0.25, 0.3) is 0 Å². The van der Waals surface area contributed by atoms with E-state index in [4.69, 9.17) is 9.47 Å². The van der Waals surface area contributed by atoms with Gasteiger partial charge >= 0.3 is 11.9 Å². The number of carbonyl (C=O) groups is 2. The molecule has 0 radical (unpaired) electrons. The first kappa shape index (κ1) is 16.9. The minimum absolute atomic E-state index is 0.0656. The van der Waals surface area contributed by atoms with E-state index in [1.807, 2.05) is 34.6 Å². The highest BCUT2D eigenvalue weighted by atomic mass is 16.5. The maximum atomic E-state index is 11.5. The molecule has 0 fully saturated rings. The van der Waals surface area contributed by atoms with Gasteiger partial charge in [-0.25, -0.2) is 0 Å². The Hall–Kier alpha value is -1.06. The Morgan fingerprint density at radius 1 is 1.00 bits per heavy atom. The molecule has 0 spiro atoms. The van der Waals surface area contributed by atoms with E-state index < -0.39 is 0 Å². The van der Waals surface area contributed by atoms with Gasteiger partial charge in [-0.05, 0) is 18.3 Å². The van der Waals surface area contributed by atoms with Gasteiger partial charge < -0.3 is 9.47 Å². The molecule has 0 amide bonds. The second-order valence-corrected chi connectivity index (χ2v) is 5.26. The lowest BCUT2D eigenvalue weighted by Gasteiger charge is -2.19. The standard InChI is InChI=1S/C14H26O4/c1-6-12(11(4)5)18-14(16)8-7-13(15)17-9-10(2)3/h10-12H,6-9H2,1-5H3. The van der Waals surface area contributed by atoms with Crippen LogP contribution in [0.5, 0.6) is 0 Å². The summed E-state index contributed by atoms with van der Waals surface area (Å²) in [5, 5.41) is 0. The molecule has 0 heterocycles. The van der Waals surface area contributed by atoms with E-state index in [-0.39, 0.29) is 30.9 Å². The Kier molecular flexibility index (Phi) is 8.42. The largest absolute Gasteiger partial charge is 0.465 e. The summed E-state index contributed by atoms with van der Waals surface area (Å²) in [6.07, 6.45) is 0.922. The summed E-state index contributed by atoms with van der Waals surface area (Å²) >= 11 is 0. The molecule has 0 aliphatic rings. The maximum absolute atomic E-state index is 11.5. The smallest absolute Gasteiger partial charge is 0.306 e. The second-order valence-electron chi connectivity index (χ2n) is 5.26. The van der Waals surface area contributed by atoms with Crippen LogP contribution >= 0.6 is 0 Å². The van der Waals surface area contributed by atoms with Crippen LogP contribution in [0, 0.1) is 11.8 Å². The average molecular weight is 258 g/mol. The van der Waals surface area contributed by atoms with Crippen LogP contribution in [0.3, 0.4) is 0 Å². The molecule has 4 heteroatoms. The molecule has 0 N–H and O–H groups in total. The van der Waals surface area contributed by atoms with E-state index in [2.05, 4.69) is 0 Å². The zero-order chi connectivity index (χ0) is 14.1. The molecule has 4 nitrogen and oxygen atoms in total. The Labute approximate surface area is 110 Å². The van der Waals surface area contributed by atoms with Crippen molar-refractivity contribution in [2.24, 2.45) is 11.8 Å². The van der Waals surface area contributed by atoms with Gasteiger partial charge in [0.2, 0.25) is 0 Å². The van der Waals surface area contributed by atoms with Crippen molar-refractivity contribution in [2.45, 2.75) is 60.0 Å². The molecule has 18 heavy (non-hydrogen) atoms. The predicted octanol–water partition coefficient (Wildman–Crippen LogP) is 2.94. The molecule has 0 aromatic carbocycles. The molecule has 1 atom stereocenters. The van der Waals surface area contributed by atoms with E-state index in [1.54, 1.807) is 0 Å². The highest BCUT2D eigenvalue weighted by Gasteiger charge is 2.17. The average Bonchev–Trinajstić information content (AvgIpc) is 2.30. The molecule has 0 aromatic rings. The van der Waals surface area contributed by atoms with E-state index in [9.17, 15) is 9.59 Å². The third-order valence-electron chi connectivity index (χ3n) is 2.54. The van der Waals surface area contributed by atoms with E-state index in [1.165, 1.54) is 0 Å². The van der Waals surface area contributed by atoms with Crippen molar-refractivity contribution in [3.63, 3.8) is 0 Å². The van der Waals surface area contributed by atoms with Gasteiger partial charge in [-0.3, -0.25) is 9.59 Å². The van der Waals surface area contributed by atoms with Crippen LogP contribution in [0.4, 0.5) is 0 Å².